The van der Waals surface area contributed by atoms with E-state index < -0.39 is 5.91 Å². The SMILES string of the molecule is CC1(C)CCC(c2cc(C(N)=O)c(N)s2)CC1. The molecular weight excluding hydrogens is 232 g/mol. The first-order valence-electron chi connectivity index (χ1n) is 6.08. The molecule has 1 aromatic heterocycles. The lowest BCUT2D eigenvalue weighted by molar-refractivity contribution is 0.100. The Morgan fingerprint density at radius 3 is 2.47 bits per heavy atom. The summed E-state index contributed by atoms with van der Waals surface area (Å²) in [6.45, 7) is 4.64. The smallest absolute Gasteiger partial charge is 0.251 e. The maximum Gasteiger partial charge on any atom is 0.251 e. The number of hydrogen-bond acceptors (Lipinski definition) is 3. The predicted octanol–water partition coefficient (Wildman–Crippen LogP) is 3.11. The fourth-order valence-electron chi connectivity index (χ4n) is 2.50. The van der Waals surface area contributed by atoms with Crippen LogP contribution in [-0.2, 0) is 0 Å². The molecule has 4 heteroatoms. The molecule has 1 aliphatic rings. The van der Waals surface area contributed by atoms with Crippen molar-refractivity contribution >= 4 is 22.2 Å². The van der Waals surface area contributed by atoms with Gasteiger partial charge in [0, 0.05) is 4.88 Å². The molecule has 0 atom stereocenters. The van der Waals surface area contributed by atoms with Crippen molar-refractivity contribution in [2.75, 3.05) is 5.73 Å². The highest BCUT2D eigenvalue weighted by Gasteiger charge is 2.29. The van der Waals surface area contributed by atoms with Gasteiger partial charge in [-0.3, -0.25) is 4.79 Å². The van der Waals surface area contributed by atoms with E-state index in [1.165, 1.54) is 41.9 Å². The molecule has 0 saturated heterocycles. The highest BCUT2D eigenvalue weighted by molar-refractivity contribution is 7.16. The van der Waals surface area contributed by atoms with E-state index >= 15 is 0 Å². The van der Waals surface area contributed by atoms with E-state index in [1.54, 1.807) is 0 Å². The van der Waals surface area contributed by atoms with Gasteiger partial charge in [-0.25, -0.2) is 0 Å². The zero-order chi connectivity index (χ0) is 12.6. The lowest BCUT2D eigenvalue weighted by Gasteiger charge is -2.33. The average molecular weight is 252 g/mol. The van der Waals surface area contributed by atoms with Crippen LogP contribution in [0.1, 0.15) is 60.7 Å². The van der Waals surface area contributed by atoms with Crippen molar-refractivity contribution in [2.24, 2.45) is 11.1 Å². The van der Waals surface area contributed by atoms with Crippen LogP contribution < -0.4 is 11.5 Å². The van der Waals surface area contributed by atoms with Crippen molar-refractivity contribution < 1.29 is 4.79 Å². The van der Waals surface area contributed by atoms with Crippen molar-refractivity contribution in [3.8, 4) is 0 Å². The van der Waals surface area contributed by atoms with Gasteiger partial charge in [-0.1, -0.05) is 13.8 Å². The second-order valence-corrected chi connectivity index (χ2v) is 6.84. The van der Waals surface area contributed by atoms with Crippen LogP contribution in [0.15, 0.2) is 6.07 Å². The standard InChI is InChI=1S/C13H20N2OS/c1-13(2)5-3-8(4-6-13)10-7-9(11(14)16)12(15)17-10/h7-8H,3-6,15H2,1-2H3,(H2,14,16). The fourth-order valence-corrected chi connectivity index (χ4v) is 3.60. The summed E-state index contributed by atoms with van der Waals surface area (Å²) in [7, 11) is 0. The topological polar surface area (TPSA) is 69.1 Å². The molecule has 0 spiro atoms. The molecule has 1 saturated carbocycles. The Labute approximate surface area is 106 Å². The minimum Gasteiger partial charge on any atom is -0.390 e. The van der Waals surface area contributed by atoms with Gasteiger partial charge >= 0.3 is 0 Å². The Bertz CT molecular complexity index is 427. The molecule has 0 aliphatic heterocycles. The number of carbonyl (C=O) groups is 1. The minimum atomic E-state index is -0.416. The third-order valence-corrected chi connectivity index (χ3v) is 4.91. The van der Waals surface area contributed by atoms with Gasteiger partial charge in [-0.15, -0.1) is 11.3 Å². The Morgan fingerprint density at radius 2 is 2.00 bits per heavy atom. The van der Waals surface area contributed by atoms with Gasteiger partial charge in [-0.05, 0) is 43.1 Å². The van der Waals surface area contributed by atoms with E-state index in [4.69, 9.17) is 11.5 Å². The summed E-state index contributed by atoms with van der Waals surface area (Å²) >= 11 is 1.53. The molecule has 1 amide bonds. The zero-order valence-electron chi connectivity index (χ0n) is 10.5. The lowest BCUT2D eigenvalue weighted by Crippen LogP contribution is -2.19. The van der Waals surface area contributed by atoms with Crippen molar-refractivity contribution in [2.45, 2.75) is 45.4 Å². The molecule has 0 bridgehead atoms. The van der Waals surface area contributed by atoms with Crippen LogP contribution in [0.25, 0.3) is 0 Å². The molecular formula is C13H20N2OS. The van der Waals surface area contributed by atoms with E-state index in [-0.39, 0.29) is 0 Å². The summed E-state index contributed by atoms with van der Waals surface area (Å²) < 4.78 is 0. The Balaban J connectivity index is 2.14. The van der Waals surface area contributed by atoms with Gasteiger partial charge in [0.2, 0.25) is 0 Å². The molecule has 1 heterocycles. The molecule has 1 aromatic rings. The highest BCUT2D eigenvalue weighted by atomic mass is 32.1. The van der Waals surface area contributed by atoms with Gasteiger partial charge in [0.15, 0.2) is 0 Å². The molecule has 1 fully saturated rings. The number of anilines is 1. The molecule has 2 rings (SSSR count). The third-order valence-electron chi connectivity index (χ3n) is 3.79. The first-order valence-corrected chi connectivity index (χ1v) is 6.90. The monoisotopic (exact) mass is 252 g/mol. The number of hydrogen-bond donors (Lipinski definition) is 2. The zero-order valence-corrected chi connectivity index (χ0v) is 11.3. The van der Waals surface area contributed by atoms with Crippen molar-refractivity contribution in [1.29, 1.82) is 0 Å². The molecule has 3 nitrogen and oxygen atoms in total. The number of nitrogen functional groups attached to an aromatic ring is 1. The molecule has 1 aliphatic carbocycles. The van der Waals surface area contributed by atoms with Gasteiger partial charge < -0.3 is 11.5 Å². The van der Waals surface area contributed by atoms with Crippen LogP contribution in [-0.4, -0.2) is 5.91 Å². The van der Waals surface area contributed by atoms with E-state index in [2.05, 4.69) is 13.8 Å². The number of rotatable bonds is 2. The second-order valence-electron chi connectivity index (χ2n) is 5.73. The maximum atomic E-state index is 11.2. The quantitative estimate of drug-likeness (QED) is 0.849. The average Bonchev–Trinajstić information content (AvgIpc) is 2.60. The van der Waals surface area contributed by atoms with Gasteiger partial charge in [0.1, 0.15) is 0 Å². The molecule has 94 valence electrons. The van der Waals surface area contributed by atoms with E-state index in [0.717, 1.165) is 0 Å². The van der Waals surface area contributed by atoms with Crippen LogP contribution in [0.4, 0.5) is 5.00 Å². The molecule has 0 aromatic carbocycles. The van der Waals surface area contributed by atoms with Crippen LogP contribution in [0.5, 0.6) is 0 Å². The third kappa shape index (κ3) is 2.63. The van der Waals surface area contributed by atoms with Crippen molar-refractivity contribution in [3.63, 3.8) is 0 Å². The van der Waals surface area contributed by atoms with Gasteiger partial charge in [0.25, 0.3) is 5.91 Å². The number of carbonyl (C=O) groups excluding carboxylic acids is 1. The number of primary amides is 1. The van der Waals surface area contributed by atoms with Gasteiger partial charge in [0.05, 0.1) is 10.6 Å². The highest BCUT2D eigenvalue weighted by Crippen LogP contribution is 2.45. The minimum absolute atomic E-state index is 0.416. The molecule has 0 radical (unpaired) electrons. The lowest BCUT2D eigenvalue weighted by atomic mass is 9.73. The van der Waals surface area contributed by atoms with Crippen LogP contribution >= 0.6 is 11.3 Å². The van der Waals surface area contributed by atoms with Gasteiger partial charge in [-0.2, -0.15) is 0 Å². The van der Waals surface area contributed by atoms with Crippen LogP contribution in [0.2, 0.25) is 0 Å². The summed E-state index contributed by atoms with van der Waals surface area (Å²) in [4.78, 5) is 12.4. The van der Waals surface area contributed by atoms with Crippen LogP contribution in [0.3, 0.4) is 0 Å². The Kier molecular flexibility index (Phi) is 3.17. The van der Waals surface area contributed by atoms with Crippen LogP contribution in [0, 0.1) is 5.41 Å². The van der Waals surface area contributed by atoms with Crippen molar-refractivity contribution in [1.82, 2.24) is 0 Å². The summed E-state index contributed by atoms with van der Waals surface area (Å²) in [5.41, 5.74) is 12.1. The van der Waals surface area contributed by atoms with E-state index in [0.29, 0.717) is 21.9 Å². The molecule has 0 unspecified atom stereocenters. The van der Waals surface area contributed by atoms with Crippen molar-refractivity contribution in [3.05, 3.63) is 16.5 Å². The molecule has 4 N–H and O–H groups in total. The largest absolute Gasteiger partial charge is 0.390 e. The normalized spacial score (nSPS) is 20.4. The second kappa shape index (κ2) is 4.33. The summed E-state index contributed by atoms with van der Waals surface area (Å²) in [6.07, 6.45) is 4.85. The summed E-state index contributed by atoms with van der Waals surface area (Å²) in [6, 6.07) is 1.89. The number of thiophene rings is 1. The number of nitrogens with two attached hydrogens (primary N) is 2. The summed E-state index contributed by atoms with van der Waals surface area (Å²) in [5, 5.41) is 0.567. The first-order chi connectivity index (χ1) is 7.89. The van der Waals surface area contributed by atoms with E-state index in [9.17, 15) is 4.79 Å². The molecule has 17 heavy (non-hydrogen) atoms. The number of amides is 1. The summed E-state index contributed by atoms with van der Waals surface area (Å²) in [5.74, 6) is 0.143. The Hall–Kier alpha value is -1.03. The first kappa shape index (κ1) is 12.4. The van der Waals surface area contributed by atoms with E-state index in [1.807, 2.05) is 6.07 Å². The Morgan fingerprint density at radius 1 is 1.41 bits per heavy atom. The fraction of sp³-hybridized carbons (Fsp3) is 0.615. The maximum absolute atomic E-state index is 11.2. The predicted molar refractivity (Wildman–Crippen MR) is 72.2 cm³/mol.